The molecule has 0 spiro atoms. The van der Waals surface area contributed by atoms with Crippen LogP contribution in [0, 0.1) is 3.57 Å². The summed E-state index contributed by atoms with van der Waals surface area (Å²) in [5, 5.41) is 0. The Hall–Kier alpha value is -0.510. The average molecular weight is 286 g/mol. The molecule has 2 heteroatoms. The van der Waals surface area contributed by atoms with Crippen molar-refractivity contribution in [2.75, 3.05) is 0 Å². The lowest BCUT2D eigenvalue weighted by molar-refractivity contribution is 0.240. The highest BCUT2D eigenvalue weighted by atomic mass is 127. The Kier molecular flexibility index (Phi) is 2.58. The zero-order chi connectivity index (χ0) is 9.26. The Labute approximate surface area is 91.9 Å². The van der Waals surface area contributed by atoms with Gasteiger partial charge < -0.3 is 4.74 Å². The van der Waals surface area contributed by atoms with Crippen molar-refractivity contribution in [3.05, 3.63) is 33.4 Å². The van der Waals surface area contributed by atoms with Crippen molar-refractivity contribution >= 4 is 28.7 Å². The molecular formula is C11H11IO. The highest BCUT2D eigenvalue weighted by molar-refractivity contribution is 14.1. The zero-order valence-corrected chi connectivity index (χ0v) is 9.61. The van der Waals surface area contributed by atoms with Crippen LogP contribution in [0.15, 0.2) is 24.3 Å². The molecule has 0 N–H and O–H groups in total. The van der Waals surface area contributed by atoms with Crippen LogP contribution in [0.3, 0.4) is 0 Å². The first-order valence-electron chi connectivity index (χ1n) is 4.44. The van der Waals surface area contributed by atoms with Crippen LogP contribution in [-0.2, 0) is 0 Å². The fourth-order valence-corrected chi connectivity index (χ4v) is 2.05. The van der Waals surface area contributed by atoms with E-state index in [0.29, 0.717) is 0 Å². The molecule has 1 nitrogen and oxygen atoms in total. The van der Waals surface area contributed by atoms with Gasteiger partial charge in [0.25, 0.3) is 0 Å². The zero-order valence-electron chi connectivity index (χ0n) is 7.46. The van der Waals surface area contributed by atoms with Crippen LogP contribution in [0.4, 0.5) is 0 Å². The van der Waals surface area contributed by atoms with Gasteiger partial charge in [-0.2, -0.15) is 0 Å². The van der Waals surface area contributed by atoms with E-state index in [1.807, 2.05) is 0 Å². The van der Waals surface area contributed by atoms with Crippen molar-refractivity contribution in [2.24, 2.45) is 0 Å². The fourth-order valence-electron chi connectivity index (χ4n) is 1.40. The molecule has 0 aliphatic carbocycles. The standard InChI is InChI=1S/C11H11IO/c1-2-9-7-6-8-4-3-5-10(12)11(8)13-9/h3-7,9H,2H2,1H3/t9-/m0/s1. The first-order chi connectivity index (χ1) is 6.31. The van der Waals surface area contributed by atoms with E-state index < -0.39 is 0 Å². The Morgan fingerprint density at radius 2 is 2.31 bits per heavy atom. The minimum atomic E-state index is 0.253. The summed E-state index contributed by atoms with van der Waals surface area (Å²) in [4.78, 5) is 0. The number of ether oxygens (including phenoxy) is 1. The average Bonchev–Trinajstić information content (AvgIpc) is 2.18. The van der Waals surface area contributed by atoms with Crippen LogP contribution >= 0.6 is 22.6 Å². The lowest BCUT2D eigenvalue weighted by atomic mass is 10.1. The van der Waals surface area contributed by atoms with E-state index in [-0.39, 0.29) is 6.10 Å². The lowest BCUT2D eigenvalue weighted by Gasteiger charge is -2.21. The summed E-state index contributed by atoms with van der Waals surface area (Å²) < 4.78 is 7.01. The normalized spacial score (nSPS) is 19.4. The molecule has 1 heterocycles. The molecule has 2 rings (SSSR count). The van der Waals surface area contributed by atoms with Gasteiger partial charge in [0, 0.05) is 5.56 Å². The van der Waals surface area contributed by atoms with Gasteiger partial charge in [-0.25, -0.2) is 0 Å². The second-order valence-corrected chi connectivity index (χ2v) is 4.24. The number of halogens is 1. The summed E-state index contributed by atoms with van der Waals surface area (Å²) in [6.45, 7) is 2.13. The summed E-state index contributed by atoms with van der Waals surface area (Å²) in [5.41, 5.74) is 1.19. The molecular weight excluding hydrogens is 275 g/mol. The van der Waals surface area contributed by atoms with Gasteiger partial charge >= 0.3 is 0 Å². The van der Waals surface area contributed by atoms with E-state index >= 15 is 0 Å². The molecule has 1 atom stereocenters. The maximum atomic E-state index is 5.82. The van der Waals surface area contributed by atoms with Crippen molar-refractivity contribution < 1.29 is 4.74 Å². The number of benzene rings is 1. The Bertz CT molecular complexity index is 344. The van der Waals surface area contributed by atoms with E-state index in [4.69, 9.17) is 4.74 Å². The molecule has 0 bridgehead atoms. The Morgan fingerprint density at radius 3 is 3.08 bits per heavy atom. The second-order valence-electron chi connectivity index (χ2n) is 3.08. The number of para-hydroxylation sites is 1. The summed E-state index contributed by atoms with van der Waals surface area (Å²) in [6, 6.07) is 6.21. The van der Waals surface area contributed by atoms with Crippen molar-refractivity contribution in [1.82, 2.24) is 0 Å². The summed E-state index contributed by atoms with van der Waals surface area (Å²) in [7, 11) is 0. The monoisotopic (exact) mass is 286 g/mol. The summed E-state index contributed by atoms with van der Waals surface area (Å²) >= 11 is 2.31. The first kappa shape index (κ1) is 9.06. The number of hydrogen-bond acceptors (Lipinski definition) is 1. The Balaban J connectivity index is 2.41. The predicted octanol–water partition coefficient (Wildman–Crippen LogP) is 3.48. The third-order valence-electron chi connectivity index (χ3n) is 2.16. The minimum absolute atomic E-state index is 0.253. The quantitative estimate of drug-likeness (QED) is 0.718. The van der Waals surface area contributed by atoms with Gasteiger partial charge in [-0.05, 0) is 41.2 Å². The van der Waals surface area contributed by atoms with Gasteiger partial charge in [-0.3, -0.25) is 0 Å². The molecule has 0 aromatic heterocycles. The van der Waals surface area contributed by atoms with Crippen LogP contribution in [0.25, 0.3) is 6.08 Å². The topological polar surface area (TPSA) is 9.23 Å². The van der Waals surface area contributed by atoms with Crippen molar-refractivity contribution in [2.45, 2.75) is 19.4 Å². The maximum absolute atomic E-state index is 5.82. The molecule has 1 aliphatic heterocycles. The number of rotatable bonds is 1. The highest BCUT2D eigenvalue weighted by Gasteiger charge is 2.14. The van der Waals surface area contributed by atoms with Crippen LogP contribution in [-0.4, -0.2) is 6.10 Å². The molecule has 1 aliphatic rings. The van der Waals surface area contributed by atoms with E-state index in [0.717, 1.165) is 12.2 Å². The largest absolute Gasteiger partial charge is 0.485 e. The summed E-state index contributed by atoms with van der Waals surface area (Å²) in [5.74, 6) is 1.04. The van der Waals surface area contributed by atoms with Gasteiger partial charge in [0.15, 0.2) is 0 Å². The van der Waals surface area contributed by atoms with Gasteiger partial charge in [0.1, 0.15) is 11.9 Å². The van der Waals surface area contributed by atoms with Crippen LogP contribution in [0.2, 0.25) is 0 Å². The van der Waals surface area contributed by atoms with Crippen molar-refractivity contribution in [1.29, 1.82) is 0 Å². The minimum Gasteiger partial charge on any atom is -0.485 e. The predicted molar refractivity (Wildman–Crippen MR) is 62.9 cm³/mol. The molecule has 0 unspecified atom stereocenters. The summed E-state index contributed by atoms with van der Waals surface area (Å²) in [6.07, 6.45) is 5.55. The molecule has 0 fully saturated rings. The van der Waals surface area contributed by atoms with E-state index in [1.165, 1.54) is 9.13 Å². The van der Waals surface area contributed by atoms with Gasteiger partial charge in [0.2, 0.25) is 0 Å². The van der Waals surface area contributed by atoms with Crippen LogP contribution in [0.5, 0.6) is 5.75 Å². The Morgan fingerprint density at radius 1 is 1.46 bits per heavy atom. The SMILES string of the molecule is CC[C@H]1C=Cc2cccc(I)c2O1. The van der Waals surface area contributed by atoms with E-state index in [9.17, 15) is 0 Å². The molecule has 0 amide bonds. The number of hydrogen-bond donors (Lipinski definition) is 0. The third-order valence-corrected chi connectivity index (χ3v) is 3.01. The molecule has 1 aromatic rings. The lowest BCUT2D eigenvalue weighted by Crippen LogP contribution is -2.16. The van der Waals surface area contributed by atoms with Gasteiger partial charge in [-0.15, -0.1) is 0 Å². The fraction of sp³-hybridized carbons (Fsp3) is 0.273. The van der Waals surface area contributed by atoms with Gasteiger partial charge in [0.05, 0.1) is 3.57 Å². The molecule has 0 radical (unpaired) electrons. The van der Waals surface area contributed by atoms with Gasteiger partial charge in [-0.1, -0.05) is 25.1 Å². The third kappa shape index (κ3) is 1.73. The van der Waals surface area contributed by atoms with E-state index in [1.54, 1.807) is 0 Å². The smallest absolute Gasteiger partial charge is 0.140 e. The highest BCUT2D eigenvalue weighted by Crippen LogP contribution is 2.31. The molecule has 0 saturated carbocycles. The number of fused-ring (bicyclic) bond motifs is 1. The molecule has 0 saturated heterocycles. The second kappa shape index (κ2) is 3.70. The maximum Gasteiger partial charge on any atom is 0.140 e. The van der Waals surface area contributed by atoms with Crippen molar-refractivity contribution in [3.63, 3.8) is 0 Å². The first-order valence-corrected chi connectivity index (χ1v) is 5.52. The van der Waals surface area contributed by atoms with Crippen LogP contribution < -0.4 is 4.74 Å². The molecule has 1 aromatic carbocycles. The molecule has 68 valence electrons. The van der Waals surface area contributed by atoms with E-state index in [2.05, 4.69) is 59.9 Å². The molecule has 13 heavy (non-hydrogen) atoms. The van der Waals surface area contributed by atoms with Crippen LogP contribution in [0.1, 0.15) is 18.9 Å². The van der Waals surface area contributed by atoms with Crippen molar-refractivity contribution in [3.8, 4) is 5.75 Å².